The van der Waals surface area contributed by atoms with E-state index >= 15 is 0 Å². The second-order valence-electron chi connectivity index (χ2n) is 3.13. The molecule has 0 atom stereocenters. The summed E-state index contributed by atoms with van der Waals surface area (Å²) in [5.74, 6) is 0. The monoisotopic (exact) mass is 263 g/mol. The highest BCUT2D eigenvalue weighted by Gasteiger charge is 2.03. The molecule has 2 aromatic rings. The summed E-state index contributed by atoms with van der Waals surface area (Å²) in [5, 5.41) is 10.6. The van der Waals surface area contributed by atoms with Crippen LogP contribution in [0.1, 0.15) is 0 Å². The number of hydrogen-bond acceptors (Lipinski definition) is 2. The normalized spacial score (nSPS) is 9.27. The predicted octanol–water partition coefficient (Wildman–Crippen LogP) is -1.76. The van der Waals surface area contributed by atoms with E-state index in [2.05, 4.69) is 6.07 Å². The van der Waals surface area contributed by atoms with Crippen molar-refractivity contribution < 1.29 is 21.5 Å². The molecule has 0 fully saturated rings. The first kappa shape index (κ1) is 11.5. The zero-order valence-corrected chi connectivity index (χ0v) is 9.61. The van der Waals surface area contributed by atoms with Gasteiger partial charge in [-0.1, -0.05) is 6.07 Å². The average Bonchev–Trinajstić information content (AvgIpc) is 2.18. The topological polar surface area (TPSA) is 53.7 Å². The van der Waals surface area contributed by atoms with Gasteiger partial charge in [0.2, 0.25) is 6.54 Å². The standard InChI is InChI=1S/C11H10N3.BrH/c12-5-7-14-6-4-10-9(8-14)2-1-3-11(10)13;/h1-4,6,8H,7,13H2;1H/q+1;/p-1. The summed E-state index contributed by atoms with van der Waals surface area (Å²) < 4.78 is 1.84. The van der Waals surface area contributed by atoms with Gasteiger partial charge in [-0.2, -0.15) is 9.83 Å². The maximum atomic E-state index is 8.55. The molecule has 1 aromatic heterocycles. The molecule has 1 heterocycles. The van der Waals surface area contributed by atoms with Gasteiger partial charge >= 0.3 is 0 Å². The molecular weight excluding hydrogens is 254 g/mol. The molecule has 0 bridgehead atoms. The van der Waals surface area contributed by atoms with Gasteiger partial charge in [0.05, 0.1) is 0 Å². The smallest absolute Gasteiger partial charge is 0.233 e. The lowest BCUT2D eigenvalue weighted by atomic mass is 10.1. The lowest BCUT2D eigenvalue weighted by Crippen LogP contribution is -3.00. The van der Waals surface area contributed by atoms with Gasteiger partial charge < -0.3 is 22.7 Å². The van der Waals surface area contributed by atoms with Gasteiger partial charge in [-0.25, -0.2) is 0 Å². The Bertz CT molecular complexity index is 517. The Morgan fingerprint density at radius 2 is 2.13 bits per heavy atom. The van der Waals surface area contributed by atoms with Crippen molar-refractivity contribution in [1.82, 2.24) is 0 Å². The molecule has 1 aromatic carbocycles. The lowest BCUT2D eigenvalue weighted by Gasteiger charge is -1.99. The largest absolute Gasteiger partial charge is 1.00 e. The molecule has 0 aliphatic heterocycles. The van der Waals surface area contributed by atoms with Gasteiger partial charge in [0, 0.05) is 22.5 Å². The van der Waals surface area contributed by atoms with Crippen LogP contribution in [-0.2, 0) is 6.54 Å². The summed E-state index contributed by atoms with van der Waals surface area (Å²) >= 11 is 0. The van der Waals surface area contributed by atoms with Crippen LogP contribution in [-0.4, -0.2) is 0 Å². The van der Waals surface area contributed by atoms with Crippen LogP contribution >= 0.6 is 0 Å². The Kier molecular flexibility index (Phi) is 3.64. The molecule has 0 radical (unpaired) electrons. The molecule has 2 rings (SSSR count). The third-order valence-corrected chi connectivity index (χ3v) is 2.16. The number of benzene rings is 1. The van der Waals surface area contributed by atoms with Crippen LogP contribution in [0.4, 0.5) is 5.69 Å². The SMILES string of the molecule is N#CC[n+]1ccc2c(N)cccc2c1.[Br-]. The number of hydrogen-bond donors (Lipinski definition) is 1. The molecule has 0 saturated heterocycles. The Labute approximate surface area is 98.5 Å². The molecule has 15 heavy (non-hydrogen) atoms. The molecule has 4 heteroatoms. The second-order valence-corrected chi connectivity index (χ2v) is 3.13. The van der Waals surface area contributed by atoms with E-state index in [1.165, 1.54) is 0 Å². The van der Waals surface area contributed by atoms with E-state index in [9.17, 15) is 0 Å². The highest BCUT2D eigenvalue weighted by molar-refractivity contribution is 5.91. The molecule has 0 aliphatic rings. The van der Waals surface area contributed by atoms with Crippen LogP contribution in [0.3, 0.4) is 0 Å². The fraction of sp³-hybridized carbons (Fsp3) is 0.0909. The van der Waals surface area contributed by atoms with Crippen molar-refractivity contribution in [2.45, 2.75) is 6.54 Å². The number of nitriles is 1. The van der Waals surface area contributed by atoms with Crippen molar-refractivity contribution in [1.29, 1.82) is 5.26 Å². The van der Waals surface area contributed by atoms with Crippen LogP contribution in [0.5, 0.6) is 0 Å². The quantitative estimate of drug-likeness (QED) is 0.490. The van der Waals surface area contributed by atoms with Crippen molar-refractivity contribution in [2.75, 3.05) is 5.73 Å². The zero-order valence-electron chi connectivity index (χ0n) is 8.02. The van der Waals surface area contributed by atoms with Gasteiger partial charge in [-0.3, -0.25) is 0 Å². The van der Waals surface area contributed by atoms with E-state index < -0.39 is 0 Å². The summed E-state index contributed by atoms with van der Waals surface area (Å²) in [6, 6.07) is 9.80. The van der Waals surface area contributed by atoms with Gasteiger partial charge in [-0.15, -0.1) is 0 Å². The molecule has 0 spiro atoms. The number of nitrogen functional groups attached to an aromatic ring is 1. The zero-order chi connectivity index (χ0) is 9.97. The van der Waals surface area contributed by atoms with E-state index in [4.69, 9.17) is 11.0 Å². The van der Waals surface area contributed by atoms with Crippen molar-refractivity contribution in [3.8, 4) is 6.07 Å². The minimum Gasteiger partial charge on any atom is -1.00 e. The van der Waals surface area contributed by atoms with E-state index in [0.717, 1.165) is 16.5 Å². The van der Waals surface area contributed by atoms with E-state index in [0.29, 0.717) is 6.54 Å². The Balaban J connectivity index is 0.00000112. The number of rotatable bonds is 1. The minimum absolute atomic E-state index is 0. The van der Waals surface area contributed by atoms with Crippen molar-refractivity contribution in [3.63, 3.8) is 0 Å². The van der Waals surface area contributed by atoms with Crippen molar-refractivity contribution in [3.05, 3.63) is 36.7 Å². The first-order valence-electron chi connectivity index (χ1n) is 4.35. The second kappa shape index (κ2) is 4.76. The molecule has 0 amide bonds. The summed E-state index contributed by atoms with van der Waals surface area (Å²) in [7, 11) is 0. The maximum Gasteiger partial charge on any atom is 0.233 e. The number of halogens is 1. The highest BCUT2D eigenvalue weighted by atomic mass is 79.9. The third-order valence-electron chi connectivity index (χ3n) is 2.16. The molecule has 0 unspecified atom stereocenters. The number of anilines is 1. The highest BCUT2D eigenvalue weighted by Crippen LogP contribution is 2.17. The number of nitrogens with two attached hydrogens (primary N) is 1. The van der Waals surface area contributed by atoms with Crippen LogP contribution < -0.4 is 27.3 Å². The average molecular weight is 264 g/mol. The van der Waals surface area contributed by atoms with E-state index in [-0.39, 0.29) is 17.0 Å². The maximum absolute atomic E-state index is 8.55. The predicted molar refractivity (Wildman–Crippen MR) is 54.2 cm³/mol. The molecule has 0 saturated carbocycles. The fourth-order valence-electron chi connectivity index (χ4n) is 1.48. The van der Waals surface area contributed by atoms with E-state index in [1.54, 1.807) is 0 Å². The Morgan fingerprint density at radius 1 is 1.33 bits per heavy atom. The van der Waals surface area contributed by atoms with Gasteiger partial charge in [0.15, 0.2) is 12.4 Å². The molecular formula is C11H10BrN3. The number of aromatic nitrogens is 1. The number of nitrogens with zero attached hydrogens (tertiary/aromatic N) is 2. The van der Waals surface area contributed by atoms with Crippen LogP contribution in [0, 0.1) is 11.3 Å². The van der Waals surface area contributed by atoms with Crippen molar-refractivity contribution in [2.24, 2.45) is 0 Å². The fourth-order valence-corrected chi connectivity index (χ4v) is 1.48. The minimum atomic E-state index is 0. The third kappa shape index (κ3) is 2.25. The van der Waals surface area contributed by atoms with Gasteiger partial charge in [0.25, 0.3) is 0 Å². The lowest BCUT2D eigenvalue weighted by molar-refractivity contribution is -0.683. The summed E-state index contributed by atoms with van der Waals surface area (Å²) in [4.78, 5) is 0. The Morgan fingerprint density at radius 3 is 2.87 bits per heavy atom. The molecule has 3 nitrogen and oxygen atoms in total. The number of pyridine rings is 1. The number of fused-ring (bicyclic) bond motifs is 1. The van der Waals surface area contributed by atoms with Crippen LogP contribution in [0.2, 0.25) is 0 Å². The molecule has 2 N–H and O–H groups in total. The van der Waals surface area contributed by atoms with Gasteiger partial charge in [0.1, 0.15) is 6.07 Å². The van der Waals surface area contributed by atoms with Crippen molar-refractivity contribution >= 4 is 16.5 Å². The Hall–Kier alpha value is -1.60. The summed E-state index contributed by atoms with van der Waals surface area (Å²) in [5.41, 5.74) is 6.58. The molecule has 0 aliphatic carbocycles. The summed E-state index contributed by atoms with van der Waals surface area (Å²) in [6.45, 7) is 0.366. The van der Waals surface area contributed by atoms with Gasteiger partial charge in [-0.05, 0) is 12.1 Å². The van der Waals surface area contributed by atoms with E-state index in [1.807, 2.05) is 41.2 Å². The summed E-state index contributed by atoms with van der Waals surface area (Å²) in [6.07, 6.45) is 3.79. The molecule has 76 valence electrons. The first-order chi connectivity index (χ1) is 6.81. The van der Waals surface area contributed by atoms with Crippen LogP contribution in [0.15, 0.2) is 36.7 Å². The van der Waals surface area contributed by atoms with Crippen LogP contribution in [0.25, 0.3) is 10.8 Å². The first-order valence-corrected chi connectivity index (χ1v) is 4.35.